The van der Waals surface area contributed by atoms with Gasteiger partial charge in [-0.2, -0.15) is 15.0 Å². The first-order valence-corrected chi connectivity index (χ1v) is 6.36. The molecule has 0 fully saturated rings. The van der Waals surface area contributed by atoms with E-state index >= 15 is 0 Å². The fourth-order valence-corrected chi connectivity index (χ4v) is 2.15. The zero-order valence-corrected chi connectivity index (χ0v) is 11.5. The minimum absolute atomic E-state index is 0.199. The Morgan fingerprint density at radius 2 is 2.05 bits per heavy atom. The van der Waals surface area contributed by atoms with Gasteiger partial charge >= 0.3 is 0 Å². The van der Waals surface area contributed by atoms with Crippen molar-refractivity contribution in [1.29, 1.82) is 0 Å². The van der Waals surface area contributed by atoms with Crippen LogP contribution >= 0.6 is 11.6 Å². The summed E-state index contributed by atoms with van der Waals surface area (Å²) in [5.74, 6) is 2.07. The maximum Gasteiger partial charge on any atom is 0.229 e. The summed E-state index contributed by atoms with van der Waals surface area (Å²) in [4.78, 5) is 14.5. The summed E-state index contributed by atoms with van der Waals surface area (Å²) in [7, 11) is 3.73. The minimum Gasteiger partial charge on any atom is -0.493 e. The fourth-order valence-electron chi connectivity index (χ4n) is 1.99. The van der Waals surface area contributed by atoms with Crippen molar-refractivity contribution >= 4 is 17.5 Å². The molecule has 0 N–H and O–H groups in total. The molecule has 0 saturated carbocycles. The zero-order valence-electron chi connectivity index (χ0n) is 10.7. The van der Waals surface area contributed by atoms with E-state index in [1.807, 2.05) is 32.3 Å². The van der Waals surface area contributed by atoms with Gasteiger partial charge in [-0.3, -0.25) is 0 Å². The smallest absolute Gasteiger partial charge is 0.229 e. The molecule has 1 aliphatic heterocycles. The maximum atomic E-state index is 5.95. The van der Waals surface area contributed by atoms with Crippen LogP contribution in [0.25, 0.3) is 11.4 Å². The molecule has 0 unspecified atom stereocenters. The van der Waals surface area contributed by atoms with E-state index in [1.54, 1.807) is 4.90 Å². The van der Waals surface area contributed by atoms with Crippen molar-refractivity contribution in [3.63, 3.8) is 0 Å². The highest BCUT2D eigenvalue weighted by molar-refractivity contribution is 6.28. The number of ether oxygens (including phenoxy) is 1. The predicted octanol–water partition coefficient (Wildman–Crippen LogP) is 2.19. The number of fused-ring (bicyclic) bond motifs is 1. The number of nitrogens with zero attached hydrogens (tertiary/aromatic N) is 4. The molecular formula is C13H13ClN4O. The summed E-state index contributed by atoms with van der Waals surface area (Å²) < 4.78 is 5.49. The molecule has 0 radical (unpaired) electrons. The van der Waals surface area contributed by atoms with Crippen molar-refractivity contribution in [3.8, 4) is 17.1 Å². The zero-order chi connectivity index (χ0) is 13.4. The van der Waals surface area contributed by atoms with Crippen LogP contribution in [0.4, 0.5) is 5.95 Å². The third kappa shape index (κ3) is 2.33. The molecule has 2 aromatic rings. The highest BCUT2D eigenvalue weighted by Gasteiger charge is 2.15. The Morgan fingerprint density at radius 3 is 2.84 bits per heavy atom. The summed E-state index contributed by atoms with van der Waals surface area (Å²) in [6.45, 7) is 0.736. The molecule has 0 aliphatic carbocycles. The van der Waals surface area contributed by atoms with Crippen LogP contribution in [-0.2, 0) is 6.42 Å². The average Bonchev–Trinajstić information content (AvgIpc) is 2.85. The normalized spacial score (nSPS) is 13.0. The van der Waals surface area contributed by atoms with Crippen molar-refractivity contribution in [2.45, 2.75) is 6.42 Å². The molecule has 0 amide bonds. The van der Waals surface area contributed by atoms with E-state index < -0.39 is 0 Å². The quantitative estimate of drug-likeness (QED) is 0.842. The van der Waals surface area contributed by atoms with Gasteiger partial charge in [0, 0.05) is 26.1 Å². The van der Waals surface area contributed by atoms with Gasteiger partial charge in [-0.25, -0.2) is 0 Å². The van der Waals surface area contributed by atoms with Gasteiger partial charge in [0.1, 0.15) is 5.75 Å². The Labute approximate surface area is 116 Å². The van der Waals surface area contributed by atoms with Crippen molar-refractivity contribution in [2.75, 3.05) is 25.6 Å². The number of hydrogen-bond donors (Lipinski definition) is 0. The number of halogens is 1. The van der Waals surface area contributed by atoms with Crippen LogP contribution in [0.3, 0.4) is 0 Å². The second kappa shape index (κ2) is 4.66. The van der Waals surface area contributed by atoms with E-state index in [9.17, 15) is 0 Å². The number of rotatable bonds is 2. The largest absolute Gasteiger partial charge is 0.493 e. The van der Waals surface area contributed by atoms with Crippen LogP contribution in [0.2, 0.25) is 5.28 Å². The number of aromatic nitrogens is 3. The highest BCUT2D eigenvalue weighted by atomic mass is 35.5. The molecule has 98 valence electrons. The fraction of sp³-hybridized carbons (Fsp3) is 0.308. The van der Waals surface area contributed by atoms with E-state index in [0.717, 1.165) is 24.3 Å². The first kappa shape index (κ1) is 12.2. The molecule has 1 aromatic carbocycles. The molecule has 0 atom stereocenters. The summed E-state index contributed by atoms with van der Waals surface area (Å²) in [5.41, 5.74) is 2.11. The molecule has 0 saturated heterocycles. The number of anilines is 1. The number of benzene rings is 1. The van der Waals surface area contributed by atoms with Gasteiger partial charge in [-0.15, -0.1) is 0 Å². The Kier molecular flexibility index (Phi) is 2.98. The molecule has 1 aromatic heterocycles. The lowest BCUT2D eigenvalue weighted by atomic mass is 10.1. The Balaban J connectivity index is 2.06. The molecule has 1 aliphatic rings. The van der Waals surface area contributed by atoms with Crippen molar-refractivity contribution in [1.82, 2.24) is 15.0 Å². The SMILES string of the molecule is CN(C)c1nc(Cl)nc(-c2ccc3c(c2)CCO3)n1. The Morgan fingerprint density at radius 1 is 1.21 bits per heavy atom. The molecule has 2 heterocycles. The third-order valence-corrected chi connectivity index (χ3v) is 3.11. The van der Waals surface area contributed by atoms with E-state index in [-0.39, 0.29) is 5.28 Å². The first-order chi connectivity index (χ1) is 9.13. The van der Waals surface area contributed by atoms with Crippen LogP contribution < -0.4 is 9.64 Å². The summed E-state index contributed by atoms with van der Waals surface area (Å²) in [6.07, 6.45) is 0.919. The summed E-state index contributed by atoms with van der Waals surface area (Å²) in [5, 5.41) is 0.199. The molecule has 3 rings (SSSR count). The van der Waals surface area contributed by atoms with Crippen LogP contribution in [0.15, 0.2) is 18.2 Å². The number of hydrogen-bond acceptors (Lipinski definition) is 5. The van der Waals surface area contributed by atoms with Crippen molar-refractivity contribution in [3.05, 3.63) is 29.0 Å². The molecule has 0 bridgehead atoms. The maximum absolute atomic E-state index is 5.95. The first-order valence-electron chi connectivity index (χ1n) is 5.98. The van der Waals surface area contributed by atoms with Gasteiger partial charge in [0.15, 0.2) is 5.82 Å². The van der Waals surface area contributed by atoms with Crippen LogP contribution in [0, 0.1) is 0 Å². The minimum atomic E-state index is 0.199. The molecular weight excluding hydrogens is 264 g/mol. The second-order valence-electron chi connectivity index (χ2n) is 4.54. The van der Waals surface area contributed by atoms with E-state index in [4.69, 9.17) is 16.3 Å². The van der Waals surface area contributed by atoms with Gasteiger partial charge in [0.05, 0.1) is 6.61 Å². The molecule has 0 spiro atoms. The van der Waals surface area contributed by atoms with Crippen LogP contribution in [0.1, 0.15) is 5.56 Å². The van der Waals surface area contributed by atoms with Crippen molar-refractivity contribution < 1.29 is 4.74 Å². The van der Waals surface area contributed by atoms with Crippen LogP contribution in [0.5, 0.6) is 5.75 Å². The third-order valence-electron chi connectivity index (χ3n) is 2.94. The Hall–Kier alpha value is -1.88. The molecule has 5 nitrogen and oxygen atoms in total. The lowest BCUT2D eigenvalue weighted by molar-refractivity contribution is 0.357. The van der Waals surface area contributed by atoms with Gasteiger partial charge in [-0.1, -0.05) is 0 Å². The molecule has 6 heteroatoms. The lowest BCUT2D eigenvalue weighted by Crippen LogP contribution is -2.13. The highest BCUT2D eigenvalue weighted by Crippen LogP contribution is 2.29. The van der Waals surface area contributed by atoms with E-state index in [0.29, 0.717) is 11.8 Å². The van der Waals surface area contributed by atoms with Gasteiger partial charge in [0.2, 0.25) is 11.2 Å². The van der Waals surface area contributed by atoms with Gasteiger partial charge in [-0.05, 0) is 35.4 Å². The van der Waals surface area contributed by atoms with Crippen molar-refractivity contribution in [2.24, 2.45) is 0 Å². The summed E-state index contributed by atoms with van der Waals surface area (Å²) in [6, 6.07) is 5.94. The summed E-state index contributed by atoms with van der Waals surface area (Å²) >= 11 is 5.95. The topological polar surface area (TPSA) is 51.1 Å². The van der Waals surface area contributed by atoms with Gasteiger partial charge < -0.3 is 9.64 Å². The second-order valence-corrected chi connectivity index (χ2v) is 4.88. The monoisotopic (exact) mass is 276 g/mol. The van der Waals surface area contributed by atoms with Gasteiger partial charge in [0.25, 0.3) is 0 Å². The lowest BCUT2D eigenvalue weighted by Gasteiger charge is -2.11. The Bertz CT molecular complexity index is 630. The average molecular weight is 277 g/mol. The van der Waals surface area contributed by atoms with Crippen LogP contribution in [-0.4, -0.2) is 35.7 Å². The standard InChI is InChI=1S/C13H13ClN4O/c1-18(2)13-16-11(15-12(14)17-13)9-3-4-10-8(7-9)5-6-19-10/h3-4,7H,5-6H2,1-2H3. The molecule has 19 heavy (non-hydrogen) atoms. The van der Waals surface area contributed by atoms with E-state index in [2.05, 4.69) is 15.0 Å². The predicted molar refractivity (Wildman–Crippen MR) is 73.8 cm³/mol. The van der Waals surface area contributed by atoms with E-state index in [1.165, 1.54) is 5.56 Å².